The molecule has 4 rings (SSSR count). The van der Waals surface area contributed by atoms with Crippen molar-refractivity contribution in [3.63, 3.8) is 0 Å². The van der Waals surface area contributed by atoms with Crippen molar-refractivity contribution in [2.75, 3.05) is 26.7 Å². The summed E-state index contributed by atoms with van der Waals surface area (Å²) in [6, 6.07) is 15.4. The number of para-hydroxylation sites is 2. The number of hydrogen-bond acceptors (Lipinski definition) is 5. The summed E-state index contributed by atoms with van der Waals surface area (Å²) in [5, 5.41) is 3.03. The number of hydrogen-bond donors (Lipinski definition) is 1. The van der Waals surface area contributed by atoms with Gasteiger partial charge >= 0.3 is 0 Å². The number of nitrogens with zero attached hydrogens (tertiary/aromatic N) is 3. The molecule has 0 aliphatic carbocycles. The number of amides is 1. The van der Waals surface area contributed by atoms with Crippen LogP contribution in [0.2, 0.25) is 0 Å². The quantitative estimate of drug-likeness (QED) is 0.652. The lowest BCUT2D eigenvalue weighted by atomic mass is 10.0. The standard InChI is InChI=1S/C23H26N4O3/c1-30-18-8-6-7-17(13-18)21(26-11-4-5-12-26)14-25-22(28)16-27-20-10-3-2-9-19(20)24-15-23(27)29/h2-3,6-10,13,15,21H,4-5,11-12,14,16H2,1H3,(H,25,28). The van der Waals surface area contributed by atoms with Gasteiger partial charge in [-0.15, -0.1) is 0 Å². The Bertz CT molecular complexity index is 1090. The van der Waals surface area contributed by atoms with Crippen LogP contribution in [0.25, 0.3) is 11.0 Å². The Morgan fingerprint density at radius 3 is 2.77 bits per heavy atom. The second-order valence-electron chi connectivity index (χ2n) is 7.51. The minimum atomic E-state index is -0.285. The van der Waals surface area contributed by atoms with Crippen LogP contribution in [-0.2, 0) is 11.3 Å². The molecule has 3 aromatic rings. The molecule has 2 heterocycles. The van der Waals surface area contributed by atoms with Crippen LogP contribution in [0.4, 0.5) is 0 Å². The number of carbonyl (C=O) groups excluding carboxylic acids is 1. The summed E-state index contributed by atoms with van der Waals surface area (Å²) in [4.78, 5) is 31.6. The number of likely N-dealkylation sites (tertiary alicyclic amines) is 1. The first kappa shape index (κ1) is 20.1. The lowest BCUT2D eigenvalue weighted by Gasteiger charge is -2.28. The number of ether oxygens (including phenoxy) is 1. The minimum Gasteiger partial charge on any atom is -0.497 e. The molecule has 7 heteroatoms. The second kappa shape index (κ2) is 9.09. The number of nitrogens with one attached hydrogen (secondary N) is 1. The Hall–Kier alpha value is -3.19. The van der Waals surface area contributed by atoms with Gasteiger partial charge in [0.1, 0.15) is 12.3 Å². The predicted octanol–water partition coefficient (Wildman–Crippen LogP) is 2.36. The number of benzene rings is 2. The van der Waals surface area contributed by atoms with Crippen LogP contribution in [0, 0.1) is 0 Å². The predicted molar refractivity (Wildman–Crippen MR) is 116 cm³/mol. The Kier molecular flexibility index (Phi) is 6.09. The molecule has 0 bridgehead atoms. The van der Waals surface area contributed by atoms with Gasteiger partial charge in [-0.1, -0.05) is 24.3 Å². The first-order valence-electron chi connectivity index (χ1n) is 10.2. The minimum absolute atomic E-state index is 0.0350. The van der Waals surface area contributed by atoms with E-state index in [0.29, 0.717) is 17.6 Å². The van der Waals surface area contributed by atoms with E-state index in [0.717, 1.165) is 37.2 Å². The van der Waals surface area contributed by atoms with Gasteiger partial charge in [-0.05, 0) is 55.8 Å². The summed E-state index contributed by atoms with van der Waals surface area (Å²) in [5.74, 6) is 0.610. The highest BCUT2D eigenvalue weighted by Crippen LogP contribution is 2.27. The fourth-order valence-electron chi connectivity index (χ4n) is 4.05. The number of aromatic nitrogens is 2. The van der Waals surface area contributed by atoms with E-state index in [2.05, 4.69) is 21.3 Å². The molecular formula is C23H26N4O3. The molecule has 1 aliphatic rings. The van der Waals surface area contributed by atoms with Gasteiger partial charge in [0, 0.05) is 6.54 Å². The Morgan fingerprint density at radius 1 is 1.17 bits per heavy atom. The molecule has 1 saturated heterocycles. The zero-order valence-corrected chi connectivity index (χ0v) is 17.1. The molecule has 1 atom stereocenters. The van der Waals surface area contributed by atoms with E-state index in [9.17, 15) is 9.59 Å². The highest BCUT2D eigenvalue weighted by atomic mass is 16.5. The summed E-state index contributed by atoms with van der Waals surface area (Å²) in [6.07, 6.45) is 3.58. The van der Waals surface area contributed by atoms with Gasteiger partial charge in [0.15, 0.2) is 0 Å². The molecule has 156 valence electrons. The van der Waals surface area contributed by atoms with Crippen molar-refractivity contribution in [2.45, 2.75) is 25.4 Å². The molecule has 0 saturated carbocycles. The first-order chi connectivity index (χ1) is 14.7. The van der Waals surface area contributed by atoms with Gasteiger partial charge in [-0.2, -0.15) is 0 Å². The summed E-state index contributed by atoms with van der Waals surface area (Å²) in [7, 11) is 1.66. The van der Waals surface area contributed by atoms with Gasteiger partial charge < -0.3 is 10.1 Å². The summed E-state index contributed by atoms with van der Waals surface area (Å²) < 4.78 is 6.84. The molecule has 1 aromatic heterocycles. The number of fused-ring (bicyclic) bond motifs is 1. The van der Waals surface area contributed by atoms with Gasteiger partial charge in [0.25, 0.3) is 5.56 Å². The monoisotopic (exact) mass is 406 g/mol. The molecule has 2 aromatic carbocycles. The zero-order chi connectivity index (χ0) is 20.9. The normalized spacial score (nSPS) is 15.2. The maximum Gasteiger partial charge on any atom is 0.269 e. The van der Waals surface area contributed by atoms with Gasteiger partial charge in [-0.25, -0.2) is 4.98 Å². The SMILES string of the molecule is COc1cccc(C(CNC(=O)Cn2c(=O)cnc3ccccc32)N2CCCC2)c1. The number of carbonyl (C=O) groups is 1. The van der Waals surface area contributed by atoms with Crippen LogP contribution < -0.4 is 15.6 Å². The fourth-order valence-corrected chi connectivity index (χ4v) is 4.05. The van der Waals surface area contributed by atoms with E-state index < -0.39 is 0 Å². The maximum atomic E-state index is 12.7. The topological polar surface area (TPSA) is 76.5 Å². The first-order valence-corrected chi connectivity index (χ1v) is 10.2. The Morgan fingerprint density at radius 2 is 1.97 bits per heavy atom. The number of methoxy groups -OCH3 is 1. The molecule has 0 spiro atoms. The summed E-state index contributed by atoms with van der Waals surface area (Å²) in [5.41, 5.74) is 2.18. The highest BCUT2D eigenvalue weighted by molar-refractivity contribution is 5.80. The molecular weight excluding hydrogens is 380 g/mol. The third kappa shape index (κ3) is 4.36. The molecule has 1 N–H and O–H groups in total. The van der Waals surface area contributed by atoms with E-state index in [-0.39, 0.29) is 24.1 Å². The van der Waals surface area contributed by atoms with Crippen molar-refractivity contribution in [2.24, 2.45) is 0 Å². The Balaban J connectivity index is 1.50. The Labute approximate surface area is 175 Å². The van der Waals surface area contributed by atoms with Crippen LogP contribution in [0.1, 0.15) is 24.4 Å². The van der Waals surface area contributed by atoms with Crippen molar-refractivity contribution in [1.29, 1.82) is 0 Å². The van der Waals surface area contributed by atoms with Crippen molar-refractivity contribution in [3.05, 3.63) is 70.6 Å². The number of rotatable bonds is 7. The van der Waals surface area contributed by atoms with Crippen LogP contribution in [-0.4, -0.2) is 47.1 Å². The van der Waals surface area contributed by atoms with Crippen molar-refractivity contribution in [3.8, 4) is 5.75 Å². The smallest absolute Gasteiger partial charge is 0.269 e. The van der Waals surface area contributed by atoms with Crippen LogP contribution in [0.3, 0.4) is 0 Å². The summed E-state index contributed by atoms with van der Waals surface area (Å²) >= 11 is 0. The average molecular weight is 406 g/mol. The lowest BCUT2D eigenvalue weighted by Crippen LogP contribution is -2.39. The van der Waals surface area contributed by atoms with Gasteiger partial charge in [0.2, 0.25) is 5.91 Å². The molecule has 7 nitrogen and oxygen atoms in total. The molecule has 0 radical (unpaired) electrons. The van der Waals surface area contributed by atoms with Crippen molar-refractivity contribution < 1.29 is 9.53 Å². The van der Waals surface area contributed by atoms with Crippen LogP contribution in [0.15, 0.2) is 59.5 Å². The van der Waals surface area contributed by atoms with E-state index in [1.165, 1.54) is 10.8 Å². The van der Waals surface area contributed by atoms with Gasteiger partial charge in [-0.3, -0.25) is 19.1 Å². The fraction of sp³-hybridized carbons (Fsp3) is 0.348. The van der Waals surface area contributed by atoms with E-state index in [4.69, 9.17) is 4.74 Å². The molecule has 30 heavy (non-hydrogen) atoms. The van der Waals surface area contributed by atoms with E-state index in [1.54, 1.807) is 13.2 Å². The molecule has 1 amide bonds. The largest absolute Gasteiger partial charge is 0.497 e. The zero-order valence-electron chi connectivity index (χ0n) is 17.1. The van der Waals surface area contributed by atoms with Gasteiger partial charge in [0.05, 0.1) is 30.4 Å². The second-order valence-corrected chi connectivity index (χ2v) is 7.51. The van der Waals surface area contributed by atoms with Crippen molar-refractivity contribution in [1.82, 2.24) is 19.8 Å². The molecule has 1 aliphatic heterocycles. The highest BCUT2D eigenvalue weighted by Gasteiger charge is 2.24. The third-order valence-electron chi connectivity index (χ3n) is 5.61. The van der Waals surface area contributed by atoms with E-state index in [1.807, 2.05) is 36.4 Å². The third-order valence-corrected chi connectivity index (χ3v) is 5.61. The average Bonchev–Trinajstić information content (AvgIpc) is 3.30. The summed E-state index contributed by atoms with van der Waals surface area (Å²) in [6.45, 7) is 2.45. The van der Waals surface area contributed by atoms with Crippen LogP contribution >= 0.6 is 0 Å². The maximum absolute atomic E-state index is 12.7. The lowest BCUT2D eigenvalue weighted by molar-refractivity contribution is -0.121. The van der Waals surface area contributed by atoms with Crippen LogP contribution in [0.5, 0.6) is 5.75 Å². The van der Waals surface area contributed by atoms with E-state index >= 15 is 0 Å². The molecule has 1 unspecified atom stereocenters. The molecule has 1 fully saturated rings. The van der Waals surface area contributed by atoms with Crippen molar-refractivity contribution >= 4 is 16.9 Å².